The lowest BCUT2D eigenvalue weighted by molar-refractivity contribution is 0.902. The second-order valence-corrected chi connectivity index (χ2v) is 4.74. The Bertz CT molecular complexity index is 333. The van der Waals surface area contributed by atoms with Crippen molar-refractivity contribution in [3.8, 4) is 6.07 Å². The number of benzene rings is 1. The number of nitrogens with zero attached hydrogens (tertiary/aromatic N) is 1. The van der Waals surface area contributed by atoms with Crippen LogP contribution >= 0.6 is 23.4 Å². The molecule has 0 amide bonds. The highest BCUT2D eigenvalue weighted by Gasteiger charge is 1.95. The van der Waals surface area contributed by atoms with Crippen LogP contribution in [0.5, 0.6) is 0 Å². The fourth-order valence-corrected chi connectivity index (χ4v) is 2.38. The molecule has 80 valence electrons. The van der Waals surface area contributed by atoms with Crippen LogP contribution in [0.25, 0.3) is 0 Å². The zero-order valence-corrected chi connectivity index (χ0v) is 10.2. The number of alkyl halides is 1. The van der Waals surface area contributed by atoms with Crippen molar-refractivity contribution in [3.05, 3.63) is 35.4 Å². The molecule has 0 atom stereocenters. The van der Waals surface area contributed by atoms with Crippen molar-refractivity contribution >= 4 is 23.4 Å². The standard InChI is InChI=1S/C12H14ClNS/c13-6-1-2-7-15-10-12-5-3-4-11(8-12)9-14/h3-5,8H,1-2,6-7,10H2. The van der Waals surface area contributed by atoms with Gasteiger partial charge in [-0.25, -0.2) is 0 Å². The zero-order valence-electron chi connectivity index (χ0n) is 8.58. The largest absolute Gasteiger partial charge is 0.192 e. The van der Waals surface area contributed by atoms with Crippen molar-refractivity contribution in [2.75, 3.05) is 11.6 Å². The highest BCUT2D eigenvalue weighted by atomic mass is 35.5. The predicted molar refractivity (Wildman–Crippen MR) is 67.3 cm³/mol. The monoisotopic (exact) mass is 239 g/mol. The average molecular weight is 240 g/mol. The van der Waals surface area contributed by atoms with E-state index < -0.39 is 0 Å². The molecule has 3 heteroatoms. The van der Waals surface area contributed by atoms with E-state index in [2.05, 4.69) is 12.1 Å². The van der Waals surface area contributed by atoms with Crippen molar-refractivity contribution in [1.29, 1.82) is 5.26 Å². The lowest BCUT2D eigenvalue weighted by Gasteiger charge is -2.01. The first-order valence-electron chi connectivity index (χ1n) is 4.99. The highest BCUT2D eigenvalue weighted by Crippen LogP contribution is 2.15. The minimum Gasteiger partial charge on any atom is -0.192 e. The minimum atomic E-state index is 0.744. The molecule has 0 radical (unpaired) electrons. The Morgan fingerprint density at radius 3 is 2.93 bits per heavy atom. The first kappa shape index (κ1) is 12.4. The van der Waals surface area contributed by atoms with E-state index in [1.54, 1.807) is 0 Å². The Morgan fingerprint density at radius 1 is 1.33 bits per heavy atom. The molecule has 0 saturated carbocycles. The van der Waals surface area contributed by atoms with Crippen molar-refractivity contribution in [2.45, 2.75) is 18.6 Å². The van der Waals surface area contributed by atoms with E-state index >= 15 is 0 Å². The summed E-state index contributed by atoms with van der Waals surface area (Å²) in [5, 5.41) is 8.73. The number of hydrogen-bond acceptors (Lipinski definition) is 2. The van der Waals surface area contributed by atoms with E-state index in [0.717, 1.165) is 29.4 Å². The maximum atomic E-state index is 8.73. The summed E-state index contributed by atoms with van der Waals surface area (Å²) < 4.78 is 0. The van der Waals surface area contributed by atoms with Crippen LogP contribution in [0.1, 0.15) is 24.0 Å². The van der Waals surface area contributed by atoms with Gasteiger partial charge in [0.05, 0.1) is 11.6 Å². The summed E-state index contributed by atoms with van der Waals surface area (Å²) in [6, 6.07) is 9.94. The fourth-order valence-electron chi connectivity index (χ4n) is 1.22. The van der Waals surface area contributed by atoms with Gasteiger partial charge in [-0.05, 0) is 36.3 Å². The van der Waals surface area contributed by atoms with Crippen LogP contribution < -0.4 is 0 Å². The Labute approximate surface area is 100 Å². The molecule has 15 heavy (non-hydrogen) atoms. The van der Waals surface area contributed by atoms with Gasteiger partial charge in [0.2, 0.25) is 0 Å². The van der Waals surface area contributed by atoms with Crippen LogP contribution in [0, 0.1) is 11.3 Å². The number of rotatable bonds is 6. The van der Waals surface area contributed by atoms with Gasteiger partial charge in [0, 0.05) is 11.6 Å². The van der Waals surface area contributed by atoms with Gasteiger partial charge < -0.3 is 0 Å². The first-order valence-corrected chi connectivity index (χ1v) is 6.68. The molecule has 1 aromatic carbocycles. The molecule has 0 saturated heterocycles. The van der Waals surface area contributed by atoms with E-state index in [0.29, 0.717) is 0 Å². The Morgan fingerprint density at radius 2 is 2.20 bits per heavy atom. The molecule has 0 aromatic heterocycles. The van der Waals surface area contributed by atoms with Crippen LogP contribution in [0.15, 0.2) is 24.3 Å². The SMILES string of the molecule is N#Cc1cccc(CSCCCCCl)c1. The normalized spacial score (nSPS) is 9.87. The molecule has 0 bridgehead atoms. The third kappa shape index (κ3) is 5.11. The number of thioether (sulfide) groups is 1. The van der Waals surface area contributed by atoms with Gasteiger partial charge in [-0.1, -0.05) is 12.1 Å². The summed E-state index contributed by atoms with van der Waals surface area (Å²) in [5.74, 6) is 2.88. The van der Waals surface area contributed by atoms with Crippen molar-refractivity contribution in [2.24, 2.45) is 0 Å². The van der Waals surface area contributed by atoms with Crippen molar-refractivity contribution in [1.82, 2.24) is 0 Å². The van der Waals surface area contributed by atoms with E-state index in [-0.39, 0.29) is 0 Å². The fraction of sp³-hybridized carbons (Fsp3) is 0.417. The molecule has 0 aliphatic carbocycles. The van der Waals surface area contributed by atoms with Gasteiger partial charge in [0.15, 0.2) is 0 Å². The van der Waals surface area contributed by atoms with Gasteiger partial charge in [-0.15, -0.1) is 11.6 Å². The maximum absolute atomic E-state index is 8.73. The summed E-state index contributed by atoms with van der Waals surface area (Å²) in [7, 11) is 0. The summed E-state index contributed by atoms with van der Waals surface area (Å²) in [4.78, 5) is 0. The summed E-state index contributed by atoms with van der Waals surface area (Å²) in [5.41, 5.74) is 1.97. The maximum Gasteiger partial charge on any atom is 0.0991 e. The molecule has 1 rings (SSSR count). The summed E-state index contributed by atoms with van der Waals surface area (Å²) >= 11 is 7.49. The Kier molecular flexibility index (Phi) is 6.31. The molecule has 0 heterocycles. The highest BCUT2D eigenvalue weighted by molar-refractivity contribution is 7.98. The van der Waals surface area contributed by atoms with E-state index in [1.165, 1.54) is 12.0 Å². The van der Waals surface area contributed by atoms with Crippen LogP contribution in [-0.4, -0.2) is 11.6 Å². The second-order valence-electron chi connectivity index (χ2n) is 3.26. The molecule has 0 fully saturated rings. The van der Waals surface area contributed by atoms with E-state index in [4.69, 9.17) is 16.9 Å². The number of nitriles is 1. The van der Waals surface area contributed by atoms with Gasteiger partial charge in [-0.3, -0.25) is 0 Å². The third-order valence-electron chi connectivity index (χ3n) is 2.00. The van der Waals surface area contributed by atoms with Crippen LogP contribution in [-0.2, 0) is 5.75 Å². The second kappa shape index (κ2) is 7.62. The van der Waals surface area contributed by atoms with Gasteiger partial charge >= 0.3 is 0 Å². The average Bonchev–Trinajstić information content (AvgIpc) is 2.29. The molecule has 1 aromatic rings. The Balaban J connectivity index is 2.28. The smallest absolute Gasteiger partial charge is 0.0991 e. The third-order valence-corrected chi connectivity index (χ3v) is 3.38. The van der Waals surface area contributed by atoms with Gasteiger partial charge in [-0.2, -0.15) is 17.0 Å². The molecule has 0 aliphatic heterocycles. The zero-order chi connectivity index (χ0) is 10.9. The summed E-state index contributed by atoms with van der Waals surface area (Å²) in [6.45, 7) is 0. The topological polar surface area (TPSA) is 23.8 Å². The molecule has 1 nitrogen and oxygen atoms in total. The lowest BCUT2D eigenvalue weighted by Crippen LogP contribution is -1.86. The quantitative estimate of drug-likeness (QED) is 0.557. The number of hydrogen-bond donors (Lipinski definition) is 0. The molecule has 0 spiro atoms. The molecular formula is C12H14ClNS. The molecule has 0 unspecified atom stereocenters. The number of unbranched alkanes of at least 4 members (excludes halogenated alkanes) is 1. The van der Waals surface area contributed by atoms with Crippen LogP contribution in [0.3, 0.4) is 0 Å². The van der Waals surface area contributed by atoms with Crippen LogP contribution in [0.2, 0.25) is 0 Å². The lowest BCUT2D eigenvalue weighted by atomic mass is 10.2. The van der Waals surface area contributed by atoms with Crippen LogP contribution in [0.4, 0.5) is 0 Å². The number of halogens is 1. The molecule has 0 aliphatic rings. The van der Waals surface area contributed by atoms with E-state index in [1.807, 2.05) is 30.0 Å². The van der Waals surface area contributed by atoms with Crippen molar-refractivity contribution in [3.63, 3.8) is 0 Å². The predicted octanol–water partition coefficient (Wildman–Crippen LogP) is 3.81. The van der Waals surface area contributed by atoms with E-state index in [9.17, 15) is 0 Å². The first-order chi connectivity index (χ1) is 7.36. The van der Waals surface area contributed by atoms with Gasteiger partial charge in [0.1, 0.15) is 0 Å². The Hall–Kier alpha value is -0.650. The van der Waals surface area contributed by atoms with Gasteiger partial charge in [0.25, 0.3) is 0 Å². The minimum absolute atomic E-state index is 0.744. The molecule has 0 N–H and O–H groups in total. The molecular weight excluding hydrogens is 226 g/mol. The summed E-state index contributed by atoms with van der Waals surface area (Å²) in [6.07, 6.45) is 2.26. The van der Waals surface area contributed by atoms with Crippen molar-refractivity contribution < 1.29 is 0 Å².